The van der Waals surface area contributed by atoms with E-state index in [1.807, 2.05) is 0 Å². The maximum absolute atomic E-state index is 13.1. The SMILES string of the molecule is O=S(=O)(Nc1ccccc1C(F)(F)F)c1cc(F)cc(F)c1. The number of anilines is 1. The molecule has 0 aliphatic carbocycles. The molecule has 2 aromatic carbocycles. The van der Waals surface area contributed by atoms with Gasteiger partial charge in [0.1, 0.15) is 11.6 Å². The predicted octanol–water partition coefficient (Wildman–Crippen LogP) is 3.78. The van der Waals surface area contributed by atoms with Crippen LogP contribution in [-0.2, 0) is 16.2 Å². The molecule has 0 saturated heterocycles. The van der Waals surface area contributed by atoms with Crippen LogP contribution in [0.5, 0.6) is 0 Å². The third-order valence-electron chi connectivity index (χ3n) is 2.62. The Morgan fingerprint density at radius 2 is 1.45 bits per heavy atom. The summed E-state index contributed by atoms with van der Waals surface area (Å²) in [6, 6.07) is 5.31. The van der Waals surface area contributed by atoms with Crippen LogP contribution in [0.1, 0.15) is 5.56 Å². The molecule has 2 aromatic rings. The number of nitrogens with one attached hydrogen (secondary N) is 1. The van der Waals surface area contributed by atoms with E-state index in [4.69, 9.17) is 0 Å². The molecule has 0 aromatic heterocycles. The standard InChI is InChI=1S/C13H8F5NO2S/c14-8-5-9(15)7-10(6-8)22(20,21)19-12-4-2-1-3-11(12)13(16,17)18/h1-7,19H. The van der Waals surface area contributed by atoms with Crippen LogP contribution in [0.3, 0.4) is 0 Å². The molecule has 3 nitrogen and oxygen atoms in total. The smallest absolute Gasteiger partial charge is 0.279 e. The van der Waals surface area contributed by atoms with Gasteiger partial charge in [-0.15, -0.1) is 0 Å². The van der Waals surface area contributed by atoms with Crippen LogP contribution < -0.4 is 4.72 Å². The molecule has 0 amide bonds. The lowest BCUT2D eigenvalue weighted by atomic mass is 10.2. The molecule has 22 heavy (non-hydrogen) atoms. The van der Waals surface area contributed by atoms with Gasteiger partial charge in [0.25, 0.3) is 10.0 Å². The first-order valence-corrected chi connectivity index (χ1v) is 7.23. The van der Waals surface area contributed by atoms with Gasteiger partial charge in [0.15, 0.2) is 0 Å². The summed E-state index contributed by atoms with van der Waals surface area (Å²) < 4.78 is 90.1. The van der Waals surface area contributed by atoms with Crippen molar-refractivity contribution in [2.45, 2.75) is 11.1 Å². The third kappa shape index (κ3) is 3.53. The van der Waals surface area contributed by atoms with E-state index in [1.165, 1.54) is 6.07 Å². The van der Waals surface area contributed by atoms with Crippen molar-refractivity contribution in [3.05, 3.63) is 59.7 Å². The van der Waals surface area contributed by atoms with Gasteiger partial charge in [-0.25, -0.2) is 17.2 Å². The quantitative estimate of drug-likeness (QED) is 0.867. The molecule has 0 heterocycles. The summed E-state index contributed by atoms with van der Waals surface area (Å²) in [4.78, 5) is -0.818. The molecule has 0 atom stereocenters. The van der Waals surface area contributed by atoms with E-state index in [0.717, 1.165) is 12.1 Å². The van der Waals surface area contributed by atoms with Gasteiger partial charge in [-0.2, -0.15) is 13.2 Å². The summed E-state index contributed by atoms with van der Waals surface area (Å²) in [6.45, 7) is 0. The Balaban J connectivity index is 2.46. The highest BCUT2D eigenvalue weighted by Gasteiger charge is 2.34. The molecule has 0 fully saturated rings. The van der Waals surface area contributed by atoms with E-state index in [9.17, 15) is 30.4 Å². The number of para-hydroxylation sites is 1. The molecule has 0 saturated carbocycles. The van der Waals surface area contributed by atoms with Crippen molar-refractivity contribution in [3.63, 3.8) is 0 Å². The second-order valence-corrected chi connectivity index (χ2v) is 5.94. The first-order valence-electron chi connectivity index (χ1n) is 5.75. The van der Waals surface area contributed by atoms with Crippen LogP contribution in [0.15, 0.2) is 47.4 Å². The summed E-state index contributed by atoms with van der Waals surface area (Å²) in [5.74, 6) is -2.33. The third-order valence-corrected chi connectivity index (χ3v) is 3.97. The molecule has 2 rings (SSSR count). The number of rotatable bonds is 3. The van der Waals surface area contributed by atoms with Crippen LogP contribution in [0, 0.1) is 11.6 Å². The Labute approximate surface area is 122 Å². The van der Waals surface area contributed by atoms with Crippen molar-refractivity contribution < 1.29 is 30.4 Å². The molecule has 0 radical (unpaired) electrons. The second kappa shape index (κ2) is 5.56. The van der Waals surface area contributed by atoms with Gasteiger partial charge >= 0.3 is 6.18 Å². The minimum Gasteiger partial charge on any atom is -0.279 e. The van der Waals surface area contributed by atoms with E-state index in [2.05, 4.69) is 0 Å². The molecule has 9 heteroatoms. The predicted molar refractivity (Wildman–Crippen MR) is 68.6 cm³/mol. The van der Waals surface area contributed by atoms with Gasteiger partial charge in [-0.05, 0) is 24.3 Å². The first-order chi connectivity index (χ1) is 10.1. The molecule has 1 N–H and O–H groups in total. The Morgan fingerprint density at radius 1 is 0.909 bits per heavy atom. The van der Waals surface area contributed by atoms with E-state index < -0.39 is 44.0 Å². The normalized spacial score (nSPS) is 12.2. The van der Waals surface area contributed by atoms with Crippen LogP contribution in [0.2, 0.25) is 0 Å². The topological polar surface area (TPSA) is 46.2 Å². The molecule has 0 aliphatic rings. The van der Waals surface area contributed by atoms with Crippen molar-refractivity contribution in [1.29, 1.82) is 0 Å². The number of halogens is 5. The summed E-state index contributed by atoms with van der Waals surface area (Å²) in [5, 5.41) is 0. The summed E-state index contributed by atoms with van der Waals surface area (Å²) in [7, 11) is -4.57. The number of alkyl halides is 3. The largest absolute Gasteiger partial charge is 0.418 e. The Bertz CT molecular complexity index is 782. The minimum atomic E-state index is -4.79. The van der Waals surface area contributed by atoms with Crippen LogP contribution in [-0.4, -0.2) is 8.42 Å². The maximum Gasteiger partial charge on any atom is 0.418 e. The van der Waals surface area contributed by atoms with Crippen molar-refractivity contribution >= 4 is 15.7 Å². The zero-order chi connectivity index (χ0) is 16.5. The highest BCUT2D eigenvalue weighted by Crippen LogP contribution is 2.35. The lowest BCUT2D eigenvalue weighted by molar-refractivity contribution is -0.136. The lowest BCUT2D eigenvalue weighted by Gasteiger charge is -2.14. The lowest BCUT2D eigenvalue weighted by Crippen LogP contribution is -2.17. The molecule has 0 bridgehead atoms. The molecule has 0 spiro atoms. The Kier molecular flexibility index (Phi) is 4.10. The molecule has 118 valence electrons. The zero-order valence-electron chi connectivity index (χ0n) is 10.7. The van der Waals surface area contributed by atoms with Crippen LogP contribution >= 0.6 is 0 Å². The Morgan fingerprint density at radius 3 is 2.00 bits per heavy atom. The maximum atomic E-state index is 13.1. The highest BCUT2D eigenvalue weighted by molar-refractivity contribution is 7.92. The Hall–Kier alpha value is -2.16. The second-order valence-electron chi connectivity index (χ2n) is 4.25. The van der Waals surface area contributed by atoms with Crippen molar-refractivity contribution in [1.82, 2.24) is 0 Å². The van der Waals surface area contributed by atoms with Crippen molar-refractivity contribution in [3.8, 4) is 0 Å². The molecular weight excluding hydrogens is 329 g/mol. The van der Waals surface area contributed by atoms with Gasteiger partial charge in [-0.3, -0.25) is 4.72 Å². The van der Waals surface area contributed by atoms with Gasteiger partial charge in [0, 0.05) is 6.07 Å². The highest BCUT2D eigenvalue weighted by atomic mass is 32.2. The summed E-state index contributed by atoms with van der Waals surface area (Å²) >= 11 is 0. The fourth-order valence-electron chi connectivity index (χ4n) is 1.71. The van der Waals surface area contributed by atoms with Gasteiger partial charge in [0.2, 0.25) is 0 Å². The van der Waals surface area contributed by atoms with E-state index in [1.54, 1.807) is 4.72 Å². The number of hydrogen-bond donors (Lipinski definition) is 1. The molecule has 0 aliphatic heterocycles. The minimum absolute atomic E-state index is 0.447. The average molecular weight is 337 g/mol. The monoisotopic (exact) mass is 337 g/mol. The zero-order valence-corrected chi connectivity index (χ0v) is 11.5. The van der Waals surface area contributed by atoms with Gasteiger partial charge < -0.3 is 0 Å². The summed E-state index contributed by atoms with van der Waals surface area (Å²) in [6.07, 6.45) is -4.79. The van der Waals surface area contributed by atoms with Crippen LogP contribution in [0.25, 0.3) is 0 Å². The van der Waals surface area contributed by atoms with Gasteiger partial charge in [-0.1, -0.05) is 12.1 Å². The average Bonchev–Trinajstić information content (AvgIpc) is 2.36. The fourth-order valence-corrected chi connectivity index (χ4v) is 2.83. The van der Waals surface area contributed by atoms with Crippen molar-refractivity contribution in [2.75, 3.05) is 4.72 Å². The van der Waals surface area contributed by atoms with Gasteiger partial charge in [0.05, 0.1) is 16.1 Å². The van der Waals surface area contributed by atoms with Crippen LogP contribution in [0.4, 0.5) is 27.6 Å². The van der Waals surface area contributed by atoms with E-state index in [0.29, 0.717) is 24.3 Å². The summed E-state index contributed by atoms with van der Waals surface area (Å²) in [5.41, 5.74) is -1.95. The number of hydrogen-bond acceptors (Lipinski definition) is 2. The first kappa shape index (κ1) is 16.2. The molecule has 0 unspecified atom stereocenters. The van der Waals surface area contributed by atoms with E-state index >= 15 is 0 Å². The number of sulfonamides is 1. The fraction of sp³-hybridized carbons (Fsp3) is 0.0769. The number of benzene rings is 2. The van der Waals surface area contributed by atoms with E-state index in [-0.39, 0.29) is 0 Å². The molecular formula is C13H8F5NO2S. The van der Waals surface area contributed by atoms with Crippen molar-refractivity contribution in [2.24, 2.45) is 0 Å².